The highest BCUT2D eigenvalue weighted by molar-refractivity contribution is 5.74. The molecule has 1 aromatic carbocycles. The van der Waals surface area contributed by atoms with E-state index >= 15 is 0 Å². The van der Waals surface area contributed by atoms with Crippen molar-refractivity contribution in [3.8, 4) is 5.75 Å². The van der Waals surface area contributed by atoms with E-state index in [1.807, 2.05) is 48.2 Å². The fourth-order valence-electron chi connectivity index (χ4n) is 3.27. The van der Waals surface area contributed by atoms with Crippen molar-refractivity contribution in [1.82, 2.24) is 4.90 Å². The van der Waals surface area contributed by atoms with Crippen molar-refractivity contribution >= 4 is 5.97 Å². The van der Waals surface area contributed by atoms with Crippen LogP contribution in [0.5, 0.6) is 5.75 Å². The number of ether oxygens (including phenoxy) is 1. The molecule has 2 atom stereocenters. The first-order valence-corrected chi connectivity index (χ1v) is 7.95. The number of furan rings is 1. The van der Waals surface area contributed by atoms with Gasteiger partial charge in [0.1, 0.15) is 17.6 Å². The van der Waals surface area contributed by atoms with Crippen LogP contribution in [0.1, 0.15) is 37.1 Å². The molecule has 122 valence electrons. The van der Waals surface area contributed by atoms with Gasteiger partial charge in [-0.3, -0.25) is 9.69 Å². The van der Waals surface area contributed by atoms with Crippen molar-refractivity contribution in [2.75, 3.05) is 13.2 Å². The SMILES string of the molecule is CCOc1cccc(C(c2ccco2)N2CCCC2C(=O)O)c1. The number of carboxylic acid groups (broad SMARTS) is 1. The van der Waals surface area contributed by atoms with Gasteiger partial charge in [0, 0.05) is 6.54 Å². The first-order chi connectivity index (χ1) is 11.2. The summed E-state index contributed by atoms with van der Waals surface area (Å²) in [6, 6.07) is 10.8. The third kappa shape index (κ3) is 3.24. The van der Waals surface area contributed by atoms with Crippen LogP contribution >= 0.6 is 0 Å². The van der Waals surface area contributed by atoms with Gasteiger partial charge < -0.3 is 14.3 Å². The van der Waals surface area contributed by atoms with Gasteiger partial charge in [0.25, 0.3) is 0 Å². The number of benzene rings is 1. The standard InChI is InChI=1S/C18H21NO4/c1-2-22-14-7-3-6-13(12-14)17(16-9-5-11-23-16)19-10-4-8-15(19)18(20)21/h3,5-7,9,11-12,15,17H,2,4,8,10H2,1H3,(H,20,21). The van der Waals surface area contributed by atoms with Crippen LogP contribution < -0.4 is 4.74 Å². The molecule has 5 nitrogen and oxygen atoms in total. The molecule has 5 heteroatoms. The Bertz CT molecular complexity index is 653. The molecule has 2 heterocycles. The maximum atomic E-state index is 11.6. The van der Waals surface area contributed by atoms with Gasteiger partial charge in [0.05, 0.1) is 18.9 Å². The second-order valence-electron chi connectivity index (χ2n) is 5.66. The summed E-state index contributed by atoms with van der Waals surface area (Å²) in [5.74, 6) is 0.763. The van der Waals surface area contributed by atoms with Gasteiger partial charge in [0.2, 0.25) is 0 Å². The highest BCUT2D eigenvalue weighted by atomic mass is 16.5. The molecule has 0 spiro atoms. The zero-order valence-corrected chi connectivity index (χ0v) is 13.1. The predicted molar refractivity (Wildman–Crippen MR) is 85.5 cm³/mol. The Kier molecular flexibility index (Phi) is 4.67. The number of hydrogen-bond acceptors (Lipinski definition) is 4. The number of rotatable bonds is 6. The Labute approximate surface area is 135 Å². The summed E-state index contributed by atoms with van der Waals surface area (Å²) in [5.41, 5.74) is 0.985. The van der Waals surface area contributed by atoms with Gasteiger partial charge in [-0.1, -0.05) is 12.1 Å². The third-order valence-electron chi connectivity index (χ3n) is 4.21. The van der Waals surface area contributed by atoms with E-state index in [4.69, 9.17) is 9.15 Å². The first-order valence-electron chi connectivity index (χ1n) is 7.95. The highest BCUT2D eigenvalue weighted by Gasteiger charge is 2.38. The zero-order chi connectivity index (χ0) is 16.2. The Balaban J connectivity index is 2.00. The maximum absolute atomic E-state index is 11.6. The van der Waals surface area contributed by atoms with E-state index in [9.17, 15) is 9.90 Å². The summed E-state index contributed by atoms with van der Waals surface area (Å²) in [7, 11) is 0. The average molecular weight is 315 g/mol. The molecule has 23 heavy (non-hydrogen) atoms. The van der Waals surface area contributed by atoms with Crippen molar-refractivity contribution in [2.24, 2.45) is 0 Å². The van der Waals surface area contributed by atoms with E-state index in [1.54, 1.807) is 6.26 Å². The van der Waals surface area contributed by atoms with E-state index < -0.39 is 12.0 Å². The maximum Gasteiger partial charge on any atom is 0.320 e. The molecule has 1 saturated heterocycles. The topological polar surface area (TPSA) is 62.9 Å². The van der Waals surface area contributed by atoms with Crippen LogP contribution in [0.4, 0.5) is 0 Å². The van der Waals surface area contributed by atoms with E-state index in [0.29, 0.717) is 13.0 Å². The lowest BCUT2D eigenvalue weighted by molar-refractivity contribution is -0.142. The summed E-state index contributed by atoms with van der Waals surface area (Å²) in [6.45, 7) is 3.27. The molecule has 0 radical (unpaired) electrons. The number of aliphatic carboxylic acids is 1. The molecule has 1 aliphatic rings. The summed E-state index contributed by atoms with van der Waals surface area (Å²) in [5, 5.41) is 9.52. The van der Waals surface area contributed by atoms with Crippen LogP contribution in [0.25, 0.3) is 0 Å². The Morgan fingerprint density at radius 3 is 3.00 bits per heavy atom. The summed E-state index contributed by atoms with van der Waals surface area (Å²) in [6.07, 6.45) is 3.16. The molecule has 1 N–H and O–H groups in total. The van der Waals surface area contributed by atoms with Crippen molar-refractivity contribution in [2.45, 2.75) is 31.8 Å². The molecule has 1 aliphatic heterocycles. The summed E-state index contributed by atoms with van der Waals surface area (Å²) < 4.78 is 11.2. The summed E-state index contributed by atoms with van der Waals surface area (Å²) in [4.78, 5) is 13.6. The van der Waals surface area contributed by atoms with Crippen LogP contribution in [0.2, 0.25) is 0 Å². The highest BCUT2D eigenvalue weighted by Crippen LogP contribution is 2.36. The summed E-state index contributed by atoms with van der Waals surface area (Å²) >= 11 is 0. The fourth-order valence-corrected chi connectivity index (χ4v) is 3.27. The monoisotopic (exact) mass is 315 g/mol. The zero-order valence-electron chi connectivity index (χ0n) is 13.1. The molecular formula is C18H21NO4. The second-order valence-corrected chi connectivity index (χ2v) is 5.66. The van der Waals surface area contributed by atoms with Gasteiger partial charge in [-0.2, -0.15) is 0 Å². The van der Waals surface area contributed by atoms with Gasteiger partial charge in [0.15, 0.2) is 0 Å². The van der Waals surface area contributed by atoms with Crippen molar-refractivity contribution in [3.05, 3.63) is 54.0 Å². The number of carboxylic acids is 1. The van der Waals surface area contributed by atoms with Gasteiger partial charge in [-0.15, -0.1) is 0 Å². The van der Waals surface area contributed by atoms with Gasteiger partial charge in [-0.05, 0) is 49.6 Å². The van der Waals surface area contributed by atoms with E-state index in [2.05, 4.69) is 0 Å². The molecule has 0 amide bonds. The Morgan fingerprint density at radius 2 is 2.30 bits per heavy atom. The molecule has 2 unspecified atom stereocenters. The number of nitrogens with zero attached hydrogens (tertiary/aromatic N) is 1. The van der Waals surface area contributed by atoms with E-state index in [-0.39, 0.29) is 6.04 Å². The Morgan fingerprint density at radius 1 is 1.43 bits per heavy atom. The van der Waals surface area contributed by atoms with Crippen LogP contribution in [0.3, 0.4) is 0 Å². The fraction of sp³-hybridized carbons (Fsp3) is 0.389. The number of hydrogen-bond donors (Lipinski definition) is 1. The second kappa shape index (κ2) is 6.87. The molecule has 0 saturated carbocycles. The lowest BCUT2D eigenvalue weighted by Crippen LogP contribution is -2.39. The van der Waals surface area contributed by atoms with Crippen LogP contribution in [-0.2, 0) is 4.79 Å². The molecule has 0 bridgehead atoms. The van der Waals surface area contributed by atoms with Crippen LogP contribution in [0, 0.1) is 0 Å². The molecule has 2 aromatic rings. The quantitative estimate of drug-likeness (QED) is 0.886. The normalized spacial score (nSPS) is 19.6. The number of likely N-dealkylation sites (tertiary alicyclic amines) is 1. The van der Waals surface area contributed by atoms with Crippen LogP contribution in [-0.4, -0.2) is 35.2 Å². The van der Waals surface area contributed by atoms with Crippen molar-refractivity contribution < 1.29 is 19.1 Å². The lowest BCUT2D eigenvalue weighted by Gasteiger charge is -2.30. The first kappa shape index (κ1) is 15.6. The van der Waals surface area contributed by atoms with Crippen LogP contribution in [0.15, 0.2) is 47.1 Å². The largest absolute Gasteiger partial charge is 0.494 e. The minimum absolute atomic E-state index is 0.214. The third-order valence-corrected chi connectivity index (χ3v) is 4.21. The minimum atomic E-state index is -0.778. The van der Waals surface area contributed by atoms with Gasteiger partial charge in [-0.25, -0.2) is 0 Å². The predicted octanol–water partition coefficient (Wildman–Crippen LogP) is 3.32. The van der Waals surface area contributed by atoms with E-state index in [1.165, 1.54) is 0 Å². The number of carbonyl (C=O) groups is 1. The molecule has 3 rings (SSSR count). The van der Waals surface area contributed by atoms with Crippen molar-refractivity contribution in [3.63, 3.8) is 0 Å². The molecule has 1 aromatic heterocycles. The van der Waals surface area contributed by atoms with Gasteiger partial charge >= 0.3 is 5.97 Å². The van der Waals surface area contributed by atoms with Crippen molar-refractivity contribution in [1.29, 1.82) is 0 Å². The average Bonchev–Trinajstić information content (AvgIpc) is 3.20. The minimum Gasteiger partial charge on any atom is -0.494 e. The smallest absolute Gasteiger partial charge is 0.320 e. The molecular weight excluding hydrogens is 294 g/mol. The van der Waals surface area contributed by atoms with E-state index in [0.717, 1.165) is 30.0 Å². The Hall–Kier alpha value is -2.27. The molecule has 0 aliphatic carbocycles. The molecule has 1 fully saturated rings. The lowest BCUT2D eigenvalue weighted by atomic mass is 10.0.